The van der Waals surface area contributed by atoms with E-state index in [0.29, 0.717) is 6.04 Å². The lowest BCUT2D eigenvalue weighted by molar-refractivity contribution is 0.439. The molecule has 0 saturated heterocycles. The lowest BCUT2D eigenvalue weighted by Crippen LogP contribution is -2.25. The summed E-state index contributed by atoms with van der Waals surface area (Å²) in [7, 11) is 0. The van der Waals surface area contributed by atoms with Crippen LogP contribution in [0.2, 0.25) is 0 Å². The number of fused-ring (bicyclic) bond motifs is 2. The molecule has 0 amide bonds. The van der Waals surface area contributed by atoms with E-state index in [1.54, 1.807) is 0 Å². The van der Waals surface area contributed by atoms with E-state index in [9.17, 15) is 0 Å². The SMILES string of the molecule is Cc1ccc(N[C@H]2C[C@H]3CC[C@H]2C3)cn1. The van der Waals surface area contributed by atoms with Gasteiger partial charge >= 0.3 is 0 Å². The lowest BCUT2D eigenvalue weighted by Gasteiger charge is -2.23. The van der Waals surface area contributed by atoms with Gasteiger partial charge in [0.25, 0.3) is 0 Å². The molecule has 3 atom stereocenters. The van der Waals surface area contributed by atoms with E-state index < -0.39 is 0 Å². The average Bonchev–Trinajstić information content (AvgIpc) is 2.83. The quantitative estimate of drug-likeness (QED) is 0.797. The number of rotatable bonds is 2. The van der Waals surface area contributed by atoms with Crippen LogP contribution < -0.4 is 5.32 Å². The summed E-state index contributed by atoms with van der Waals surface area (Å²) in [4.78, 5) is 4.32. The number of anilines is 1. The van der Waals surface area contributed by atoms with Crippen LogP contribution in [0.5, 0.6) is 0 Å². The first kappa shape index (κ1) is 9.20. The van der Waals surface area contributed by atoms with E-state index in [1.165, 1.54) is 31.4 Å². The highest BCUT2D eigenvalue weighted by molar-refractivity contribution is 5.42. The van der Waals surface area contributed by atoms with Crippen molar-refractivity contribution in [1.29, 1.82) is 0 Å². The van der Waals surface area contributed by atoms with Gasteiger partial charge in [0.1, 0.15) is 0 Å². The molecule has 0 aliphatic heterocycles. The van der Waals surface area contributed by atoms with Gasteiger partial charge in [-0.05, 0) is 50.2 Å². The minimum atomic E-state index is 0.716. The second kappa shape index (κ2) is 3.51. The van der Waals surface area contributed by atoms with Gasteiger partial charge in [0.2, 0.25) is 0 Å². The van der Waals surface area contributed by atoms with Gasteiger partial charge in [0.15, 0.2) is 0 Å². The second-order valence-corrected chi connectivity index (χ2v) is 5.11. The molecule has 0 spiro atoms. The number of aromatic nitrogens is 1. The molecule has 0 radical (unpaired) electrons. The normalized spacial score (nSPS) is 33.3. The molecular weight excluding hydrogens is 184 g/mol. The van der Waals surface area contributed by atoms with Gasteiger partial charge < -0.3 is 5.32 Å². The predicted octanol–water partition coefficient (Wildman–Crippen LogP) is 2.99. The van der Waals surface area contributed by atoms with Crippen molar-refractivity contribution < 1.29 is 0 Å². The fourth-order valence-electron chi connectivity index (χ4n) is 3.19. The Morgan fingerprint density at radius 3 is 2.80 bits per heavy atom. The lowest BCUT2D eigenvalue weighted by atomic mass is 9.95. The molecule has 2 saturated carbocycles. The molecule has 1 aromatic rings. The molecule has 2 aliphatic rings. The third-order valence-electron chi connectivity index (χ3n) is 4.00. The van der Waals surface area contributed by atoms with Gasteiger partial charge in [-0.3, -0.25) is 4.98 Å². The standard InChI is InChI=1S/C13H18N2/c1-9-2-5-12(8-14-9)15-13-7-10-3-4-11(13)6-10/h2,5,8,10-11,13,15H,3-4,6-7H2,1H3/t10-,11-,13-/m0/s1. The van der Waals surface area contributed by atoms with Crippen molar-refractivity contribution in [3.63, 3.8) is 0 Å². The zero-order chi connectivity index (χ0) is 10.3. The van der Waals surface area contributed by atoms with Crippen molar-refractivity contribution in [3.05, 3.63) is 24.0 Å². The van der Waals surface area contributed by atoms with E-state index in [0.717, 1.165) is 17.5 Å². The zero-order valence-electron chi connectivity index (χ0n) is 9.24. The summed E-state index contributed by atoms with van der Waals surface area (Å²) in [5.41, 5.74) is 2.28. The highest BCUT2D eigenvalue weighted by Crippen LogP contribution is 2.45. The van der Waals surface area contributed by atoms with E-state index in [-0.39, 0.29) is 0 Å². The van der Waals surface area contributed by atoms with E-state index in [1.807, 2.05) is 13.1 Å². The molecule has 1 N–H and O–H groups in total. The Hall–Kier alpha value is -1.05. The third kappa shape index (κ3) is 1.73. The summed E-state index contributed by atoms with van der Waals surface area (Å²) in [5.74, 6) is 1.93. The topological polar surface area (TPSA) is 24.9 Å². The number of nitrogens with zero attached hydrogens (tertiary/aromatic N) is 1. The summed E-state index contributed by atoms with van der Waals surface area (Å²) in [6.07, 6.45) is 7.69. The predicted molar refractivity (Wildman–Crippen MR) is 61.8 cm³/mol. The van der Waals surface area contributed by atoms with Crippen molar-refractivity contribution >= 4 is 5.69 Å². The first-order chi connectivity index (χ1) is 7.31. The first-order valence-electron chi connectivity index (χ1n) is 6.00. The van der Waals surface area contributed by atoms with Crippen molar-refractivity contribution in [1.82, 2.24) is 4.98 Å². The van der Waals surface area contributed by atoms with Crippen molar-refractivity contribution in [2.75, 3.05) is 5.32 Å². The Morgan fingerprint density at radius 2 is 2.20 bits per heavy atom. The van der Waals surface area contributed by atoms with Gasteiger partial charge in [-0.15, -0.1) is 0 Å². The number of pyridine rings is 1. The minimum absolute atomic E-state index is 0.716. The molecule has 0 aromatic carbocycles. The Kier molecular flexibility index (Phi) is 2.15. The number of hydrogen-bond donors (Lipinski definition) is 1. The number of aryl methyl sites for hydroxylation is 1. The molecule has 1 heterocycles. The Bertz CT molecular complexity index is 344. The summed E-state index contributed by atoms with van der Waals surface area (Å²) in [6, 6.07) is 4.94. The van der Waals surface area contributed by atoms with Gasteiger partial charge in [-0.1, -0.05) is 6.42 Å². The maximum atomic E-state index is 4.32. The van der Waals surface area contributed by atoms with Crippen LogP contribution in [0, 0.1) is 18.8 Å². The highest BCUT2D eigenvalue weighted by Gasteiger charge is 2.39. The van der Waals surface area contributed by atoms with Crippen molar-refractivity contribution in [2.24, 2.45) is 11.8 Å². The molecule has 2 nitrogen and oxygen atoms in total. The van der Waals surface area contributed by atoms with Crippen LogP contribution in [0.15, 0.2) is 18.3 Å². The van der Waals surface area contributed by atoms with Crippen LogP contribution in [0.3, 0.4) is 0 Å². The van der Waals surface area contributed by atoms with Crippen LogP contribution in [0.4, 0.5) is 5.69 Å². The zero-order valence-corrected chi connectivity index (χ0v) is 9.24. The number of nitrogens with one attached hydrogen (secondary N) is 1. The fraction of sp³-hybridized carbons (Fsp3) is 0.615. The van der Waals surface area contributed by atoms with E-state index in [2.05, 4.69) is 22.4 Å². The highest BCUT2D eigenvalue weighted by atomic mass is 15.0. The minimum Gasteiger partial charge on any atom is -0.381 e. The molecule has 80 valence electrons. The van der Waals surface area contributed by atoms with Crippen LogP contribution >= 0.6 is 0 Å². The Labute approximate surface area is 91.1 Å². The Balaban J connectivity index is 1.68. The molecule has 1 aromatic heterocycles. The monoisotopic (exact) mass is 202 g/mol. The molecule has 15 heavy (non-hydrogen) atoms. The first-order valence-corrected chi connectivity index (χ1v) is 6.00. The van der Waals surface area contributed by atoms with Gasteiger partial charge in [-0.25, -0.2) is 0 Å². The number of hydrogen-bond acceptors (Lipinski definition) is 2. The Morgan fingerprint density at radius 1 is 1.27 bits per heavy atom. The summed E-state index contributed by atoms with van der Waals surface area (Å²) in [6.45, 7) is 2.03. The third-order valence-corrected chi connectivity index (χ3v) is 4.00. The van der Waals surface area contributed by atoms with E-state index in [4.69, 9.17) is 0 Å². The molecule has 3 rings (SSSR count). The fourth-order valence-corrected chi connectivity index (χ4v) is 3.19. The van der Waals surface area contributed by atoms with Crippen LogP contribution in [0.25, 0.3) is 0 Å². The molecule has 0 unspecified atom stereocenters. The largest absolute Gasteiger partial charge is 0.381 e. The van der Waals surface area contributed by atoms with Crippen molar-refractivity contribution in [3.8, 4) is 0 Å². The second-order valence-electron chi connectivity index (χ2n) is 5.11. The van der Waals surface area contributed by atoms with Gasteiger partial charge in [0.05, 0.1) is 11.9 Å². The van der Waals surface area contributed by atoms with Crippen LogP contribution in [-0.4, -0.2) is 11.0 Å². The summed E-state index contributed by atoms with van der Waals surface area (Å²) < 4.78 is 0. The van der Waals surface area contributed by atoms with Gasteiger partial charge in [-0.2, -0.15) is 0 Å². The molecule has 2 aliphatic carbocycles. The molecule has 2 fully saturated rings. The molecular formula is C13H18N2. The summed E-state index contributed by atoms with van der Waals surface area (Å²) >= 11 is 0. The van der Waals surface area contributed by atoms with Crippen LogP contribution in [0.1, 0.15) is 31.4 Å². The van der Waals surface area contributed by atoms with Gasteiger partial charge in [0, 0.05) is 11.7 Å². The molecule has 2 bridgehead atoms. The van der Waals surface area contributed by atoms with E-state index >= 15 is 0 Å². The van der Waals surface area contributed by atoms with Crippen LogP contribution in [-0.2, 0) is 0 Å². The maximum Gasteiger partial charge on any atom is 0.0529 e. The molecule has 2 heteroatoms. The smallest absolute Gasteiger partial charge is 0.0529 e. The average molecular weight is 202 g/mol. The maximum absolute atomic E-state index is 4.32. The van der Waals surface area contributed by atoms with Crippen molar-refractivity contribution in [2.45, 2.75) is 38.6 Å². The summed E-state index contributed by atoms with van der Waals surface area (Å²) in [5, 5.41) is 3.64.